The Hall–Kier alpha value is -3.02. The van der Waals surface area contributed by atoms with Crippen LogP contribution in [-0.4, -0.2) is 36.5 Å². The SMILES string of the molecule is CCNC(=O)c1ccc(C)c(NC(=O)N2CCCC2c2ccc(OCC)cc2)c1. The zero-order valence-electron chi connectivity index (χ0n) is 17.3. The predicted octanol–water partition coefficient (Wildman–Crippen LogP) is 4.51. The lowest BCUT2D eigenvalue weighted by Crippen LogP contribution is -2.34. The monoisotopic (exact) mass is 395 g/mol. The Morgan fingerprint density at radius 1 is 1.14 bits per heavy atom. The molecule has 0 aliphatic carbocycles. The number of nitrogens with one attached hydrogen (secondary N) is 2. The lowest BCUT2D eigenvalue weighted by Gasteiger charge is -2.26. The number of benzene rings is 2. The summed E-state index contributed by atoms with van der Waals surface area (Å²) >= 11 is 0. The fourth-order valence-electron chi connectivity index (χ4n) is 3.66. The van der Waals surface area contributed by atoms with Gasteiger partial charge in [-0.05, 0) is 69.0 Å². The van der Waals surface area contributed by atoms with Crippen LogP contribution in [0.25, 0.3) is 0 Å². The van der Waals surface area contributed by atoms with E-state index < -0.39 is 0 Å². The molecule has 0 bridgehead atoms. The fourth-order valence-corrected chi connectivity index (χ4v) is 3.66. The summed E-state index contributed by atoms with van der Waals surface area (Å²) in [5, 5.41) is 5.79. The van der Waals surface area contributed by atoms with Crippen LogP contribution in [0.5, 0.6) is 5.75 Å². The van der Waals surface area contributed by atoms with Crippen molar-refractivity contribution in [2.24, 2.45) is 0 Å². The standard InChI is InChI=1S/C23H29N3O3/c1-4-24-22(27)18-9-8-16(3)20(15-18)25-23(28)26-14-6-7-21(26)17-10-12-19(13-11-17)29-5-2/h8-13,15,21H,4-7,14H2,1-3H3,(H,24,27)(H,25,28). The van der Waals surface area contributed by atoms with Crippen molar-refractivity contribution in [1.82, 2.24) is 10.2 Å². The molecule has 3 amide bonds. The third-order valence-electron chi connectivity index (χ3n) is 5.17. The van der Waals surface area contributed by atoms with Crippen LogP contribution in [0, 0.1) is 6.92 Å². The molecule has 1 fully saturated rings. The van der Waals surface area contributed by atoms with Crippen molar-refractivity contribution in [3.63, 3.8) is 0 Å². The minimum atomic E-state index is -0.142. The molecule has 0 radical (unpaired) electrons. The van der Waals surface area contributed by atoms with Gasteiger partial charge in [-0.2, -0.15) is 0 Å². The number of likely N-dealkylation sites (tertiary alicyclic amines) is 1. The highest BCUT2D eigenvalue weighted by Crippen LogP contribution is 2.33. The zero-order valence-corrected chi connectivity index (χ0v) is 17.3. The van der Waals surface area contributed by atoms with Gasteiger partial charge in [0, 0.05) is 24.3 Å². The van der Waals surface area contributed by atoms with Crippen LogP contribution in [0.1, 0.15) is 54.2 Å². The Morgan fingerprint density at radius 2 is 1.90 bits per heavy atom. The molecule has 1 aliphatic heterocycles. The van der Waals surface area contributed by atoms with Crippen LogP contribution in [0.2, 0.25) is 0 Å². The summed E-state index contributed by atoms with van der Waals surface area (Å²) in [7, 11) is 0. The van der Waals surface area contributed by atoms with E-state index in [1.807, 2.05) is 56.0 Å². The Kier molecular flexibility index (Phi) is 6.75. The normalized spacial score (nSPS) is 15.8. The van der Waals surface area contributed by atoms with Crippen LogP contribution in [0.3, 0.4) is 0 Å². The average molecular weight is 396 g/mol. The third-order valence-corrected chi connectivity index (χ3v) is 5.17. The second-order valence-electron chi connectivity index (χ2n) is 7.17. The van der Waals surface area contributed by atoms with Crippen LogP contribution >= 0.6 is 0 Å². The van der Waals surface area contributed by atoms with Gasteiger partial charge < -0.3 is 20.3 Å². The molecule has 29 heavy (non-hydrogen) atoms. The molecule has 6 nitrogen and oxygen atoms in total. The number of hydrogen-bond donors (Lipinski definition) is 2. The highest BCUT2D eigenvalue weighted by molar-refractivity contribution is 5.97. The van der Waals surface area contributed by atoms with Gasteiger partial charge >= 0.3 is 6.03 Å². The largest absolute Gasteiger partial charge is 0.494 e. The summed E-state index contributed by atoms with van der Waals surface area (Å²) < 4.78 is 5.51. The highest BCUT2D eigenvalue weighted by atomic mass is 16.5. The van der Waals surface area contributed by atoms with Gasteiger partial charge in [0.1, 0.15) is 5.75 Å². The number of aryl methyl sites for hydroxylation is 1. The van der Waals surface area contributed by atoms with E-state index in [9.17, 15) is 9.59 Å². The lowest BCUT2D eigenvalue weighted by molar-refractivity contribution is 0.0956. The van der Waals surface area contributed by atoms with Crippen LogP contribution in [-0.2, 0) is 0 Å². The maximum Gasteiger partial charge on any atom is 0.322 e. The van der Waals surface area contributed by atoms with Crippen molar-refractivity contribution < 1.29 is 14.3 Å². The Bertz CT molecular complexity index is 864. The molecule has 2 aromatic carbocycles. The van der Waals surface area contributed by atoms with Crippen molar-refractivity contribution in [3.8, 4) is 5.75 Å². The second kappa shape index (κ2) is 9.45. The Labute approximate surface area is 172 Å². The van der Waals surface area contributed by atoms with Gasteiger partial charge in [-0.25, -0.2) is 4.79 Å². The number of rotatable bonds is 6. The van der Waals surface area contributed by atoms with Gasteiger partial charge in [0.25, 0.3) is 5.91 Å². The lowest BCUT2D eigenvalue weighted by atomic mass is 10.0. The molecular weight excluding hydrogens is 366 g/mol. The maximum absolute atomic E-state index is 13.0. The third kappa shape index (κ3) is 4.88. The number of carbonyl (C=O) groups excluding carboxylic acids is 2. The van der Waals surface area contributed by atoms with Crippen molar-refractivity contribution in [1.29, 1.82) is 0 Å². The number of carbonyl (C=O) groups is 2. The molecule has 2 aromatic rings. The molecule has 0 saturated carbocycles. The molecule has 6 heteroatoms. The second-order valence-corrected chi connectivity index (χ2v) is 7.17. The van der Waals surface area contributed by atoms with E-state index in [0.29, 0.717) is 30.9 Å². The number of ether oxygens (including phenoxy) is 1. The average Bonchev–Trinajstić information content (AvgIpc) is 3.20. The molecule has 154 valence electrons. The van der Waals surface area contributed by atoms with Gasteiger partial charge in [0.05, 0.1) is 12.6 Å². The van der Waals surface area contributed by atoms with E-state index >= 15 is 0 Å². The van der Waals surface area contributed by atoms with Crippen molar-refractivity contribution in [3.05, 3.63) is 59.2 Å². The first-order chi connectivity index (χ1) is 14.0. The van der Waals surface area contributed by atoms with Gasteiger partial charge in [0.15, 0.2) is 0 Å². The quantitative estimate of drug-likeness (QED) is 0.756. The minimum absolute atomic E-state index is 0.0394. The van der Waals surface area contributed by atoms with Gasteiger partial charge in [-0.15, -0.1) is 0 Å². The summed E-state index contributed by atoms with van der Waals surface area (Å²) in [6.45, 7) is 7.66. The van der Waals surface area contributed by atoms with Crippen molar-refractivity contribution >= 4 is 17.6 Å². The number of urea groups is 1. The van der Waals surface area contributed by atoms with Gasteiger partial charge in [0.2, 0.25) is 0 Å². The van der Waals surface area contributed by atoms with E-state index in [2.05, 4.69) is 10.6 Å². The summed E-state index contributed by atoms with van der Waals surface area (Å²) in [6.07, 6.45) is 1.89. The molecule has 0 spiro atoms. The molecular formula is C23H29N3O3. The number of anilines is 1. The molecule has 2 N–H and O–H groups in total. The summed E-state index contributed by atoms with van der Waals surface area (Å²) in [6, 6.07) is 13.2. The van der Waals surface area contributed by atoms with Gasteiger partial charge in [-0.3, -0.25) is 4.79 Å². The van der Waals surface area contributed by atoms with Crippen LogP contribution in [0.15, 0.2) is 42.5 Å². The topological polar surface area (TPSA) is 70.7 Å². The molecule has 0 aromatic heterocycles. The molecule has 1 heterocycles. The van der Waals surface area contributed by atoms with Crippen molar-refractivity contribution in [2.75, 3.05) is 25.0 Å². The first kappa shape index (κ1) is 20.7. The highest BCUT2D eigenvalue weighted by Gasteiger charge is 2.30. The number of amides is 3. The molecule has 3 rings (SSSR count). The summed E-state index contributed by atoms with van der Waals surface area (Å²) in [4.78, 5) is 27.0. The predicted molar refractivity (Wildman–Crippen MR) is 114 cm³/mol. The molecule has 1 atom stereocenters. The smallest absolute Gasteiger partial charge is 0.322 e. The van der Waals surface area contributed by atoms with E-state index in [1.165, 1.54) is 0 Å². The van der Waals surface area contributed by atoms with Gasteiger partial charge in [-0.1, -0.05) is 18.2 Å². The fraction of sp³-hybridized carbons (Fsp3) is 0.391. The van der Waals surface area contributed by atoms with E-state index in [4.69, 9.17) is 4.74 Å². The molecule has 1 aliphatic rings. The summed E-state index contributed by atoms with van der Waals surface area (Å²) in [5.74, 6) is 0.694. The van der Waals surface area contributed by atoms with E-state index in [1.54, 1.807) is 12.1 Å². The summed E-state index contributed by atoms with van der Waals surface area (Å²) in [5.41, 5.74) is 3.23. The number of hydrogen-bond acceptors (Lipinski definition) is 3. The zero-order chi connectivity index (χ0) is 20.8. The first-order valence-corrected chi connectivity index (χ1v) is 10.2. The minimum Gasteiger partial charge on any atom is -0.494 e. The maximum atomic E-state index is 13.0. The Morgan fingerprint density at radius 3 is 2.59 bits per heavy atom. The first-order valence-electron chi connectivity index (χ1n) is 10.2. The molecule has 1 saturated heterocycles. The Balaban J connectivity index is 1.74. The van der Waals surface area contributed by atoms with Crippen LogP contribution < -0.4 is 15.4 Å². The molecule has 1 unspecified atom stereocenters. The van der Waals surface area contributed by atoms with Crippen molar-refractivity contribution in [2.45, 2.75) is 39.7 Å². The number of nitrogens with zero attached hydrogens (tertiary/aromatic N) is 1. The van der Waals surface area contributed by atoms with E-state index in [0.717, 1.165) is 29.7 Å². The van der Waals surface area contributed by atoms with E-state index in [-0.39, 0.29) is 18.0 Å². The van der Waals surface area contributed by atoms with Crippen LogP contribution in [0.4, 0.5) is 10.5 Å².